The van der Waals surface area contributed by atoms with Crippen LogP contribution >= 0.6 is 0 Å². The van der Waals surface area contributed by atoms with Crippen LogP contribution in [0.5, 0.6) is 0 Å². The maximum Gasteiger partial charge on any atom is -0.000111 e. The highest BCUT2D eigenvalue weighted by Crippen LogP contribution is 2.44. The van der Waals surface area contributed by atoms with E-state index in [4.69, 9.17) is 0 Å². The molecule has 0 aliphatic heterocycles. The van der Waals surface area contributed by atoms with Gasteiger partial charge in [0, 0.05) is 0 Å². The van der Waals surface area contributed by atoms with Gasteiger partial charge in [-0.2, -0.15) is 0 Å². The molecule has 0 amide bonds. The van der Waals surface area contributed by atoms with Gasteiger partial charge in [0.05, 0.1) is 0 Å². The fourth-order valence-corrected chi connectivity index (χ4v) is 4.22. The Kier molecular flexibility index (Phi) is 2.50. The van der Waals surface area contributed by atoms with Gasteiger partial charge in [-0.3, -0.25) is 0 Å². The molecule has 110 valence electrons. The standard InChI is InChI=1S/C23H18/c1-14-5-3-7-18-16(14)9-11-20-21-12-10-17-15(2)6-4-8-19(17)23(21)13-22(18)20/h3-12H,13H2,1-2H3. The molecule has 0 saturated heterocycles. The van der Waals surface area contributed by atoms with Crippen LogP contribution in [-0.2, 0) is 6.42 Å². The van der Waals surface area contributed by atoms with Crippen LogP contribution in [0.1, 0.15) is 22.3 Å². The van der Waals surface area contributed by atoms with E-state index in [2.05, 4.69) is 74.5 Å². The normalized spacial score (nSPS) is 12.6. The van der Waals surface area contributed by atoms with Crippen molar-refractivity contribution < 1.29 is 0 Å². The first-order chi connectivity index (χ1) is 11.2. The van der Waals surface area contributed by atoms with Gasteiger partial charge in [-0.1, -0.05) is 60.7 Å². The van der Waals surface area contributed by atoms with Crippen molar-refractivity contribution in [3.63, 3.8) is 0 Å². The number of aryl methyl sites for hydroxylation is 2. The monoisotopic (exact) mass is 294 g/mol. The van der Waals surface area contributed by atoms with Crippen LogP contribution in [0.4, 0.5) is 0 Å². The van der Waals surface area contributed by atoms with E-state index in [1.165, 1.54) is 54.9 Å². The van der Waals surface area contributed by atoms with Gasteiger partial charge in [-0.15, -0.1) is 0 Å². The van der Waals surface area contributed by atoms with Crippen LogP contribution in [0.3, 0.4) is 0 Å². The molecule has 23 heavy (non-hydrogen) atoms. The molecule has 0 saturated carbocycles. The van der Waals surface area contributed by atoms with E-state index < -0.39 is 0 Å². The highest BCUT2D eigenvalue weighted by molar-refractivity contribution is 6.02. The van der Waals surface area contributed by atoms with Crippen molar-refractivity contribution in [2.75, 3.05) is 0 Å². The topological polar surface area (TPSA) is 0 Å². The van der Waals surface area contributed by atoms with Crippen LogP contribution in [0.15, 0.2) is 60.7 Å². The highest BCUT2D eigenvalue weighted by atomic mass is 14.3. The summed E-state index contributed by atoms with van der Waals surface area (Å²) in [4.78, 5) is 0. The molecular weight excluding hydrogens is 276 g/mol. The maximum absolute atomic E-state index is 2.32. The predicted octanol–water partition coefficient (Wildman–Crippen LogP) is 6.18. The van der Waals surface area contributed by atoms with Crippen molar-refractivity contribution in [3.8, 4) is 11.1 Å². The van der Waals surface area contributed by atoms with Crippen LogP contribution in [0.2, 0.25) is 0 Å². The lowest BCUT2D eigenvalue weighted by molar-refractivity contribution is 1.30. The minimum atomic E-state index is 1.05. The molecule has 0 heteroatoms. The van der Waals surface area contributed by atoms with E-state index in [1.807, 2.05) is 0 Å². The van der Waals surface area contributed by atoms with Crippen molar-refractivity contribution in [2.24, 2.45) is 0 Å². The van der Waals surface area contributed by atoms with Gasteiger partial charge in [0.2, 0.25) is 0 Å². The molecular formula is C23H18. The molecule has 0 atom stereocenters. The second-order valence-electron chi connectivity index (χ2n) is 6.70. The second kappa shape index (κ2) is 4.45. The third-order valence-corrected chi connectivity index (χ3v) is 5.43. The molecule has 0 fully saturated rings. The Bertz CT molecular complexity index is 1010. The number of hydrogen-bond donors (Lipinski definition) is 0. The maximum atomic E-state index is 2.32. The van der Waals surface area contributed by atoms with Crippen LogP contribution in [0.25, 0.3) is 32.7 Å². The van der Waals surface area contributed by atoms with Crippen molar-refractivity contribution >= 4 is 21.5 Å². The van der Waals surface area contributed by atoms with Gasteiger partial charge in [0.1, 0.15) is 0 Å². The number of fused-ring (bicyclic) bond motifs is 7. The van der Waals surface area contributed by atoms with E-state index in [0.29, 0.717) is 0 Å². The summed E-state index contributed by atoms with van der Waals surface area (Å²) in [7, 11) is 0. The molecule has 5 rings (SSSR count). The minimum Gasteiger partial charge on any atom is -0.0614 e. The van der Waals surface area contributed by atoms with E-state index in [1.54, 1.807) is 0 Å². The van der Waals surface area contributed by atoms with Gasteiger partial charge in [-0.25, -0.2) is 0 Å². The average molecular weight is 294 g/mol. The zero-order valence-electron chi connectivity index (χ0n) is 13.5. The van der Waals surface area contributed by atoms with Crippen molar-refractivity contribution in [3.05, 3.63) is 82.9 Å². The summed E-state index contributed by atoms with van der Waals surface area (Å²) in [6, 6.07) is 22.5. The first kappa shape index (κ1) is 12.9. The van der Waals surface area contributed by atoms with Gasteiger partial charge in [-0.05, 0) is 75.2 Å². The quantitative estimate of drug-likeness (QED) is 0.320. The summed E-state index contributed by atoms with van der Waals surface area (Å²) in [6.07, 6.45) is 1.05. The average Bonchev–Trinajstić information content (AvgIpc) is 2.95. The summed E-state index contributed by atoms with van der Waals surface area (Å²) in [5.74, 6) is 0. The van der Waals surface area contributed by atoms with E-state index in [0.717, 1.165) is 6.42 Å². The zero-order valence-corrected chi connectivity index (χ0v) is 13.5. The Balaban J connectivity index is 1.87. The fourth-order valence-electron chi connectivity index (χ4n) is 4.22. The number of rotatable bonds is 0. The lowest BCUT2D eigenvalue weighted by Gasteiger charge is -2.08. The van der Waals surface area contributed by atoms with Gasteiger partial charge >= 0.3 is 0 Å². The molecule has 0 aromatic heterocycles. The van der Waals surface area contributed by atoms with Gasteiger partial charge < -0.3 is 0 Å². The lowest BCUT2D eigenvalue weighted by atomic mass is 9.96. The first-order valence-corrected chi connectivity index (χ1v) is 8.27. The van der Waals surface area contributed by atoms with Gasteiger partial charge in [0.15, 0.2) is 0 Å². The first-order valence-electron chi connectivity index (χ1n) is 8.27. The highest BCUT2D eigenvalue weighted by Gasteiger charge is 2.22. The Labute approximate surface area is 136 Å². The molecule has 1 aliphatic carbocycles. The van der Waals surface area contributed by atoms with Crippen LogP contribution in [-0.4, -0.2) is 0 Å². The van der Waals surface area contributed by atoms with Crippen molar-refractivity contribution in [1.82, 2.24) is 0 Å². The summed E-state index contributed by atoms with van der Waals surface area (Å²) in [5, 5.41) is 5.61. The molecule has 0 radical (unpaired) electrons. The Morgan fingerprint density at radius 3 is 1.48 bits per heavy atom. The molecule has 4 aromatic carbocycles. The fraction of sp³-hybridized carbons (Fsp3) is 0.130. The Hall–Kier alpha value is -2.60. The summed E-state index contributed by atoms with van der Waals surface area (Å²) in [5.41, 5.74) is 8.55. The molecule has 0 spiro atoms. The molecule has 0 heterocycles. The SMILES string of the molecule is Cc1cccc2c3c(ccc12)-c1ccc2c(C)cccc2c1C3. The van der Waals surface area contributed by atoms with Crippen LogP contribution in [0, 0.1) is 13.8 Å². The molecule has 0 unspecified atom stereocenters. The second-order valence-corrected chi connectivity index (χ2v) is 6.70. The number of benzene rings is 4. The summed E-state index contributed by atoms with van der Waals surface area (Å²) < 4.78 is 0. The molecule has 0 N–H and O–H groups in total. The van der Waals surface area contributed by atoms with Crippen LogP contribution < -0.4 is 0 Å². The predicted molar refractivity (Wildman–Crippen MR) is 99.2 cm³/mol. The van der Waals surface area contributed by atoms with E-state index in [9.17, 15) is 0 Å². The zero-order chi connectivity index (χ0) is 15.6. The lowest BCUT2D eigenvalue weighted by Crippen LogP contribution is -1.87. The Morgan fingerprint density at radius 2 is 1.00 bits per heavy atom. The largest absolute Gasteiger partial charge is 0.0614 e. The smallest absolute Gasteiger partial charge is 0.000111 e. The third-order valence-electron chi connectivity index (χ3n) is 5.43. The van der Waals surface area contributed by atoms with E-state index in [-0.39, 0.29) is 0 Å². The minimum absolute atomic E-state index is 1.05. The molecule has 1 aliphatic rings. The molecule has 0 bridgehead atoms. The van der Waals surface area contributed by atoms with E-state index >= 15 is 0 Å². The van der Waals surface area contributed by atoms with Gasteiger partial charge in [0.25, 0.3) is 0 Å². The molecule has 0 nitrogen and oxygen atoms in total. The Morgan fingerprint density at radius 1 is 0.522 bits per heavy atom. The molecule has 4 aromatic rings. The number of hydrogen-bond acceptors (Lipinski definition) is 0. The third kappa shape index (κ3) is 1.66. The summed E-state index contributed by atoms with van der Waals surface area (Å²) in [6.45, 7) is 4.41. The van der Waals surface area contributed by atoms with Crippen molar-refractivity contribution in [2.45, 2.75) is 20.3 Å². The van der Waals surface area contributed by atoms with Crippen molar-refractivity contribution in [1.29, 1.82) is 0 Å². The summed E-state index contributed by atoms with van der Waals surface area (Å²) >= 11 is 0.